The van der Waals surface area contributed by atoms with E-state index in [1.54, 1.807) is 23.1 Å². The smallest absolute Gasteiger partial charge is 0.307 e. The molecule has 0 radical (unpaired) electrons. The third kappa shape index (κ3) is 9.33. The van der Waals surface area contributed by atoms with Crippen molar-refractivity contribution in [2.45, 2.75) is 44.7 Å². The van der Waals surface area contributed by atoms with Gasteiger partial charge >= 0.3 is 11.9 Å². The Labute approximate surface area is 290 Å². The van der Waals surface area contributed by atoms with Gasteiger partial charge in [0.15, 0.2) is 0 Å². The second-order valence-corrected chi connectivity index (χ2v) is 12.6. The van der Waals surface area contributed by atoms with Crippen molar-refractivity contribution in [3.8, 4) is 0 Å². The highest BCUT2D eigenvalue weighted by atomic mass is 35.5. The lowest BCUT2D eigenvalue weighted by Crippen LogP contribution is -2.43. The van der Waals surface area contributed by atoms with Gasteiger partial charge in [0.1, 0.15) is 0 Å². The predicted octanol–water partition coefficient (Wildman–Crippen LogP) is 8.05. The Morgan fingerprint density at radius 2 is 1.43 bits per heavy atom. The molecule has 5 rings (SSSR count). The molecule has 49 heavy (non-hydrogen) atoms. The quantitative estimate of drug-likeness (QED) is 0.109. The number of carboxylic acid groups (broad SMARTS) is 2. The Morgan fingerprint density at radius 3 is 2.12 bits per heavy atom. The zero-order valence-electron chi connectivity index (χ0n) is 27.0. The van der Waals surface area contributed by atoms with E-state index in [1.807, 2.05) is 110 Å². The van der Waals surface area contributed by atoms with Crippen LogP contribution in [0.1, 0.15) is 52.7 Å². The van der Waals surface area contributed by atoms with Gasteiger partial charge in [0.05, 0.1) is 12.3 Å². The predicted molar refractivity (Wildman–Crippen MR) is 191 cm³/mol. The summed E-state index contributed by atoms with van der Waals surface area (Å²) in [7, 11) is 0. The van der Waals surface area contributed by atoms with Crippen LogP contribution < -0.4 is 5.32 Å². The van der Waals surface area contributed by atoms with Crippen molar-refractivity contribution < 1.29 is 29.4 Å². The van der Waals surface area contributed by atoms with Gasteiger partial charge in [0.2, 0.25) is 5.91 Å². The molecule has 0 heterocycles. The minimum Gasteiger partial charge on any atom is -0.481 e. The zero-order chi connectivity index (χ0) is 34.9. The molecule has 0 saturated carbocycles. The fourth-order valence-corrected chi connectivity index (χ4v) is 6.22. The first-order valence-corrected chi connectivity index (χ1v) is 16.4. The van der Waals surface area contributed by atoms with Gasteiger partial charge in [0, 0.05) is 41.2 Å². The van der Waals surface area contributed by atoms with Gasteiger partial charge in [-0.2, -0.15) is 0 Å². The zero-order valence-corrected chi connectivity index (χ0v) is 27.7. The molecule has 3 atom stereocenters. The van der Waals surface area contributed by atoms with Crippen molar-refractivity contribution in [3.05, 3.63) is 149 Å². The molecule has 0 spiro atoms. The molecule has 0 saturated heterocycles. The number of nitrogens with zero attached hydrogens (tertiary/aromatic N) is 1. The van der Waals surface area contributed by atoms with Crippen molar-refractivity contribution in [3.63, 3.8) is 0 Å². The summed E-state index contributed by atoms with van der Waals surface area (Å²) >= 11 is 6.26. The number of carbonyl (C=O) groups excluding carboxylic acids is 2. The van der Waals surface area contributed by atoms with Crippen LogP contribution in [0.4, 0.5) is 5.69 Å². The fourth-order valence-electron chi connectivity index (χ4n) is 6.09. The molecule has 9 heteroatoms. The molecule has 3 N–H and O–H groups in total. The number of carboxylic acids is 2. The van der Waals surface area contributed by atoms with E-state index in [9.17, 15) is 29.4 Å². The molecule has 250 valence electrons. The number of rotatable bonds is 14. The van der Waals surface area contributed by atoms with E-state index in [1.165, 1.54) is 0 Å². The maximum atomic E-state index is 14.1. The number of fused-ring (bicyclic) bond motifs is 1. The number of amides is 2. The van der Waals surface area contributed by atoms with E-state index in [4.69, 9.17) is 11.6 Å². The van der Waals surface area contributed by atoms with Crippen molar-refractivity contribution in [1.82, 2.24) is 4.90 Å². The number of carbonyl (C=O) groups is 4. The van der Waals surface area contributed by atoms with E-state index in [-0.39, 0.29) is 18.4 Å². The van der Waals surface area contributed by atoms with Crippen LogP contribution in [-0.4, -0.2) is 44.9 Å². The number of nitrogens with one attached hydrogen (secondary N) is 1. The molecular formula is C40H37ClN2O6. The Balaban J connectivity index is 1.50. The molecule has 5 aromatic carbocycles. The van der Waals surface area contributed by atoms with E-state index < -0.39 is 42.6 Å². The van der Waals surface area contributed by atoms with Crippen LogP contribution in [0, 0.1) is 5.92 Å². The maximum Gasteiger partial charge on any atom is 0.307 e. The standard InChI is InChI=1S/C40H37ClN2O6/c1-26(43(37(44)23-33(40(48)49)24-38(45)46)25-28-14-15-29-9-5-6-10-31(29)21-28)36(30-16-18-34(41)19-17-30)22-27-8-7-11-32(20-27)39(47)42-35-12-3-2-4-13-35/h2-21,26,33,36H,22-25H2,1H3,(H,42,47)(H,45,46)(H,48,49). The molecule has 0 fully saturated rings. The van der Waals surface area contributed by atoms with Crippen molar-refractivity contribution in [2.24, 2.45) is 5.92 Å². The van der Waals surface area contributed by atoms with Crippen LogP contribution in [0.5, 0.6) is 0 Å². The van der Waals surface area contributed by atoms with E-state index in [0.717, 1.165) is 27.5 Å². The molecule has 0 aliphatic rings. The first-order chi connectivity index (χ1) is 23.6. The molecule has 0 aliphatic carbocycles. The van der Waals surface area contributed by atoms with Crippen LogP contribution >= 0.6 is 11.6 Å². The van der Waals surface area contributed by atoms with Gasteiger partial charge in [-0.1, -0.05) is 90.5 Å². The molecule has 5 aromatic rings. The average Bonchev–Trinajstić information content (AvgIpc) is 3.09. The van der Waals surface area contributed by atoms with Crippen molar-refractivity contribution >= 4 is 51.8 Å². The number of benzene rings is 5. The lowest BCUT2D eigenvalue weighted by molar-refractivity contribution is -0.151. The summed E-state index contributed by atoms with van der Waals surface area (Å²) in [6.07, 6.45) is -0.700. The van der Waals surface area contributed by atoms with Gasteiger partial charge in [-0.05, 0) is 83.3 Å². The summed E-state index contributed by atoms with van der Waals surface area (Å²) in [5.41, 5.74) is 3.76. The van der Waals surface area contributed by atoms with Crippen molar-refractivity contribution in [1.29, 1.82) is 0 Å². The summed E-state index contributed by atoms with van der Waals surface area (Å²) in [6.45, 7) is 2.09. The normalized spacial score (nSPS) is 12.9. The van der Waals surface area contributed by atoms with E-state index in [0.29, 0.717) is 22.7 Å². The highest BCUT2D eigenvalue weighted by Gasteiger charge is 2.33. The Morgan fingerprint density at radius 1 is 0.735 bits per heavy atom. The van der Waals surface area contributed by atoms with Crippen LogP contribution in [-0.2, 0) is 27.3 Å². The van der Waals surface area contributed by atoms with Crippen LogP contribution in [0.2, 0.25) is 5.02 Å². The second kappa shape index (κ2) is 16.1. The number of hydrogen-bond acceptors (Lipinski definition) is 4. The minimum atomic E-state index is -1.38. The number of halogens is 1. The van der Waals surface area contributed by atoms with Crippen LogP contribution in [0.15, 0.2) is 121 Å². The lowest BCUT2D eigenvalue weighted by Gasteiger charge is -2.36. The molecular weight excluding hydrogens is 640 g/mol. The number of para-hydroxylation sites is 1. The Bertz CT molecular complexity index is 1950. The molecule has 0 aliphatic heterocycles. The topological polar surface area (TPSA) is 124 Å². The van der Waals surface area contributed by atoms with Gasteiger partial charge in [-0.15, -0.1) is 0 Å². The monoisotopic (exact) mass is 676 g/mol. The van der Waals surface area contributed by atoms with Crippen LogP contribution in [0.25, 0.3) is 10.8 Å². The SMILES string of the molecule is CC(C(Cc1cccc(C(=O)Nc2ccccc2)c1)c1ccc(Cl)cc1)N(Cc1ccc2ccccc2c1)C(=O)CC(CC(=O)O)C(=O)O. The van der Waals surface area contributed by atoms with Crippen molar-refractivity contribution in [2.75, 3.05) is 5.32 Å². The second-order valence-electron chi connectivity index (χ2n) is 12.2. The summed E-state index contributed by atoms with van der Waals surface area (Å²) < 4.78 is 0. The Hall–Kier alpha value is -5.47. The van der Waals surface area contributed by atoms with Gasteiger partial charge < -0.3 is 20.4 Å². The summed E-state index contributed by atoms with van der Waals surface area (Å²) in [5.74, 6) is -5.04. The molecule has 8 nitrogen and oxygen atoms in total. The highest BCUT2D eigenvalue weighted by Crippen LogP contribution is 2.32. The molecule has 0 aromatic heterocycles. The summed E-state index contributed by atoms with van der Waals surface area (Å²) in [5, 5.41) is 24.7. The number of aliphatic carboxylic acids is 2. The van der Waals surface area contributed by atoms with Gasteiger partial charge in [0.25, 0.3) is 5.91 Å². The Kier molecular flexibility index (Phi) is 11.4. The third-order valence-corrected chi connectivity index (χ3v) is 8.98. The van der Waals surface area contributed by atoms with E-state index in [2.05, 4.69) is 5.32 Å². The minimum absolute atomic E-state index is 0.174. The first-order valence-electron chi connectivity index (χ1n) is 16.0. The average molecular weight is 677 g/mol. The van der Waals surface area contributed by atoms with Gasteiger partial charge in [-0.3, -0.25) is 19.2 Å². The maximum absolute atomic E-state index is 14.1. The van der Waals surface area contributed by atoms with E-state index >= 15 is 0 Å². The fraction of sp³-hybridized carbons (Fsp3) is 0.200. The lowest BCUT2D eigenvalue weighted by atomic mass is 9.84. The molecule has 0 bridgehead atoms. The molecule has 2 amide bonds. The number of anilines is 1. The third-order valence-electron chi connectivity index (χ3n) is 8.73. The van der Waals surface area contributed by atoms with Gasteiger partial charge in [-0.25, -0.2) is 0 Å². The largest absolute Gasteiger partial charge is 0.481 e. The summed E-state index contributed by atoms with van der Waals surface area (Å²) in [6, 6.07) is 37.2. The number of hydrogen-bond donors (Lipinski definition) is 3. The highest BCUT2D eigenvalue weighted by molar-refractivity contribution is 6.30. The first kappa shape index (κ1) is 34.9. The van der Waals surface area contributed by atoms with Crippen LogP contribution in [0.3, 0.4) is 0 Å². The summed E-state index contributed by atoms with van der Waals surface area (Å²) in [4.78, 5) is 52.4. The molecule has 3 unspecified atom stereocenters.